The molecule has 3 N–H and O–H groups in total. The van der Waals surface area contributed by atoms with Crippen molar-refractivity contribution in [2.24, 2.45) is 11.7 Å². The second-order valence-electron chi connectivity index (χ2n) is 3.49. The highest BCUT2D eigenvalue weighted by Crippen LogP contribution is 2.31. The fourth-order valence-electron chi connectivity index (χ4n) is 1.14. The third-order valence-corrected chi connectivity index (χ3v) is 3.32. The summed E-state index contributed by atoms with van der Waals surface area (Å²) in [6.07, 6.45) is 0. The van der Waals surface area contributed by atoms with Crippen LogP contribution in [0.2, 0.25) is 0 Å². The number of carbonyl (C=O) groups is 1. The highest BCUT2D eigenvalue weighted by molar-refractivity contribution is 7.99. The first-order valence-corrected chi connectivity index (χ1v) is 6.34. The van der Waals surface area contributed by atoms with E-state index >= 15 is 0 Å². The summed E-state index contributed by atoms with van der Waals surface area (Å²) in [6.45, 7) is 1.56. The predicted octanol–water partition coefficient (Wildman–Crippen LogP) is 2.86. The van der Waals surface area contributed by atoms with E-state index in [4.69, 9.17) is 18.0 Å². The lowest BCUT2D eigenvalue weighted by Gasteiger charge is -2.13. The van der Waals surface area contributed by atoms with Gasteiger partial charge in [-0.15, -0.1) is 0 Å². The summed E-state index contributed by atoms with van der Waals surface area (Å²) in [4.78, 5) is 12.1. The Labute approximate surface area is 113 Å². The molecule has 1 rings (SSSR count). The van der Waals surface area contributed by atoms with E-state index in [2.05, 4.69) is 5.32 Å². The maximum absolute atomic E-state index is 12.3. The molecule has 0 saturated carbocycles. The lowest BCUT2D eigenvalue weighted by atomic mass is 10.1. The van der Waals surface area contributed by atoms with E-state index in [1.165, 1.54) is 6.07 Å². The van der Waals surface area contributed by atoms with E-state index in [1.54, 1.807) is 25.1 Å². The van der Waals surface area contributed by atoms with Crippen molar-refractivity contribution in [1.82, 2.24) is 0 Å². The van der Waals surface area contributed by atoms with Gasteiger partial charge < -0.3 is 11.1 Å². The lowest BCUT2D eigenvalue weighted by molar-refractivity contribution is -0.117. The number of para-hydroxylation sites is 1. The monoisotopic (exact) mass is 290 g/mol. The molecule has 1 amide bonds. The second kappa shape index (κ2) is 6.65. The topological polar surface area (TPSA) is 55.1 Å². The molecule has 7 heteroatoms. The quantitative estimate of drug-likeness (QED) is 0.647. The van der Waals surface area contributed by atoms with E-state index < -0.39 is 17.6 Å². The Morgan fingerprint density at radius 3 is 2.61 bits per heavy atom. The Balaban J connectivity index is 2.84. The molecule has 0 aromatic heterocycles. The molecule has 0 heterocycles. The normalized spacial score (nSPS) is 12.2. The molecule has 0 bridgehead atoms. The maximum Gasteiger partial charge on any atom is 0.288 e. The van der Waals surface area contributed by atoms with Gasteiger partial charge in [-0.2, -0.15) is 8.78 Å². The number of rotatable bonds is 5. The summed E-state index contributed by atoms with van der Waals surface area (Å²) in [6, 6.07) is 6.33. The van der Waals surface area contributed by atoms with Gasteiger partial charge in [0, 0.05) is 4.90 Å². The van der Waals surface area contributed by atoms with Crippen molar-refractivity contribution in [2.45, 2.75) is 17.6 Å². The van der Waals surface area contributed by atoms with E-state index in [-0.39, 0.29) is 4.99 Å². The van der Waals surface area contributed by atoms with Gasteiger partial charge in [-0.25, -0.2) is 0 Å². The molecule has 0 fully saturated rings. The van der Waals surface area contributed by atoms with Crippen molar-refractivity contribution in [3.63, 3.8) is 0 Å². The van der Waals surface area contributed by atoms with Crippen LogP contribution in [0.1, 0.15) is 6.92 Å². The van der Waals surface area contributed by atoms with E-state index in [9.17, 15) is 13.6 Å². The molecule has 0 aliphatic carbocycles. The van der Waals surface area contributed by atoms with Gasteiger partial charge in [0.2, 0.25) is 5.91 Å². The van der Waals surface area contributed by atoms with Gasteiger partial charge in [-0.3, -0.25) is 4.79 Å². The summed E-state index contributed by atoms with van der Waals surface area (Å²) in [5.41, 5.74) is 5.68. The summed E-state index contributed by atoms with van der Waals surface area (Å²) >= 11 is 5.08. The van der Waals surface area contributed by atoms with Gasteiger partial charge in [0.15, 0.2) is 0 Å². The molecular weight excluding hydrogens is 278 g/mol. The van der Waals surface area contributed by atoms with Crippen LogP contribution in [0.25, 0.3) is 0 Å². The number of alkyl halides is 2. The first-order chi connectivity index (χ1) is 8.41. The van der Waals surface area contributed by atoms with Crippen molar-refractivity contribution in [1.29, 1.82) is 0 Å². The second-order valence-corrected chi connectivity index (χ2v) is 4.99. The summed E-state index contributed by atoms with van der Waals surface area (Å²) < 4.78 is 24.7. The fourth-order valence-corrected chi connectivity index (χ4v) is 1.84. The zero-order valence-electron chi connectivity index (χ0n) is 9.52. The molecule has 1 aromatic carbocycles. The zero-order chi connectivity index (χ0) is 13.7. The number of nitrogens with two attached hydrogens (primary N) is 1. The number of halogens is 2. The van der Waals surface area contributed by atoms with Crippen molar-refractivity contribution in [3.05, 3.63) is 24.3 Å². The zero-order valence-corrected chi connectivity index (χ0v) is 11.2. The molecule has 1 aromatic rings. The Hall–Kier alpha value is -1.21. The number of thioether (sulfide) groups is 1. The minimum Gasteiger partial charge on any atom is -0.393 e. The average molecular weight is 290 g/mol. The largest absolute Gasteiger partial charge is 0.393 e. The Bertz CT molecular complexity index is 454. The first kappa shape index (κ1) is 14.8. The van der Waals surface area contributed by atoms with Gasteiger partial charge in [0.05, 0.1) is 16.6 Å². The molecule has 0 saturated heterocycles. The SMILES string of the molecule is CC(C(=O)Nc1ccccc1SC(F)F)C(N)=S. The smallest absolute Gasteiger partial charge is 0.288 e. The van der Waals surface area contributed by atoms with E-state index in [0.29, 0.717) is 22.3 Å². The molecule has 3 nitrogen and oxygen atoms in total. The van der Waals surface area contributed by atoms with Crippen LogP contribution in [0.15, 0.2) is 29.2 Å². The lowest BCUT2D eigenvalue weighted by Crippen LogP contribution is -2.30. The summed E-state index contributed by atoms with van der Waals surface area (Å²) in [7, 11) is 0. The average Bonchev–Trinajstić information content (AvgIpc) is 2.29. The van der Waals surface area contributed by atoms with Gasteiger partial charge in [0.1, 0.15) is 0 Å². The minimum atomic E-state index is -2.55. The molecule has 1 atom stereocenters. The van der Waals surface area contributed by atoms with E-state index in [1.807, 2.05) is 0 Å². The standard InChI is InChI=1S/C11H12F2N2OS2/c1-6(9(14)17)10(16)15-7-4-2-3-5-8(7)18-11(12)13/h2-6,11H,1H3,(H2,14,17)(H,15,16). The van der Waals surface area contributed by atoms with Crippen LogP contribution in [0.5, 0.6) is 0 Å². The molecule has 98 valence electrons. The molecule has 0 aliphatic rings. The van der Waals surface area contributed by atoms with Crippen LogP contribution in [0, 0.1) is 5.92 Å². The fraction of sp³-hybridized carbons (Fsp3) is 0.273. The number of anilines is 1. The number of thiocarbonyl (C=S) groups is 1. The van der Waals surface area contributed by atoms with Crippen LogP contribution in [-0.4, -0.2) is 16.7 Å². The number of hydrogen-bond donors (Lipinski definition) is 2. The number of benzene rings is 1. The van der Waals surface area contributed by atoms with Crippen molar-refractivity contribution >= 4 is 40.6 Å². The van der Waals surface area contributed by atoms with Crippen molar-refractivity contribution < 1.29 is 13.6 Å². The number of nitrogens with one attached hydrogen (secondary N) is 1. The van der Waals surface area contributed by atoms with Crippen LogP contribution in [-0.2, 0) is 4.79 Å². The highest BCUT2D eigenvalue weighted by atomic mass is 32.2. The number of amides is 1. The highest BCUT2D eigenvalue weighted by Gasteiger charge is 2.17. The van der Waals surface area contributed by atoms with Crippen molar-refractivity contribution in [2.75, 3.05) is 5.32 Å². The molecule has 0 radical (unpaired) electrons. The minimum absolute atomic E-state index is 0.0616. The predicted molar refractivity (Wildman–Crippen MR) is 72.9 cm³/mol. The third-order valence-electron chi connectivity index (χ3n) is 2.18. The Morgan fingerprint density at radius 2 is 2.06 bits per heavy atom. The molecule has 1 unspecified atom stereocenters. The molecular formula is C11H12F2N2OS2. The Morgan fingerprint density at radius 1 is 1.44 bits per heavy atom. The van der Waals surface area contributed by atoms with Gasteiger partial charge >= 0.3 is 0 Å². The van der Waals surface area contributed by atoms with Crippen molar-refractivity contribution in [3.8, 4) is 0 Å². The molecule has 0 aliphatic heterocycles. The van der Waals surface area contributed by atoms with Crippen LogP contribution in [0.3, 0.4) is 0 Å². The number of hydrogen-bond acceptors (Lipinski definition) is 3. The van der Waals surface area contributed by atoms with Crippen LogP contribution >= 0.6 is 24.0 Å². The maximum atomic E-state index is 12.3. The Kier molecular flexibility index (Phi) is 5.49. The van der Waals surface area contributed by atoms with Crippen LogP contribution < -0.4 is 11.1 Å². The van der Waals surface area contributed by atoms with Crippen LogP contribution in [0.4, 0.5) is 14.5 Å². The molecule has 0 spiro atoms. The third kappa shape index (κ3) is 4.23. The van der Waals surface area contributed by atoms with E-state index in [0.717, 1.165) is 0 Å². The summed E-state index contributed by atoms with van der Waals surface area (Å²) in [5, 5.41) is 2.54. The number of carbonyl (C=O) groups excluding carboxylic acids is 1. The first-order valence-electron chi connectivity index (χ1n) is 5.06. The summed E-state index contributed by atoms with van der Waals surface area (Å²) in [5.74, 6) is -3.61. The van der Waals surface area contributed by atoms with Gasteiger partial charge in [-0.1, -0.05) is 36.1 Å². The van der Waals surface area contributed by atoms with Gasteiger partial charge in [0.25, 0.3) is 5.76 Å². The molecule has 18 heavy (non-hydrogen) atoms. The van der Waals surface area contributed by atoms with Gasteiger partial charge in [-0.05, 0) is 19.1 Å².